The Bertz CT molecular complexity index is 4000. The Morgan fingerprint density at radius 1 is 0.273 bits per heavy atom. The van der Waals surface area contributed by atoms with E-state index in [9.17, 15) is 0 Å². The third-order valence-corrected chi connectivity index (χ3v) is 13.6. The summed E-state index contributed by atoms with van der Waals surface area (Å²) in [6.07, 6.45) is 0. The summed E-state index contributed by atoms with van der Waals surface area (Å²) >= 11 is 0. The number of benzene rings is 12. The molecule has 0 spiro atoms. The summed E-state index contributed by atoms with van der Waals surface area (Å²) < 4.78 is 2.45. The summed E-state index contributed by atoms with van der Waals surface area (Å²) in [5.41, 5.74) is 14.0. The molecule has 0 radical (unpaired) electrons. The molecule has 0 unspecified atom stereocenters. The molecule has 1 aromatic heterocycles. The maximum atomic E-state index is 2.47. The van der Waals surface area contributed by atoms with Gasteiger partial charge in [-0.15, -0.1) is 0 Å². The van der Waals surface area contributed by atoms with Crippen LogP contribution in [0.25, 0.3) is 104 Å². The first kappa shape index (κ1) is 37.8. The van der Waals surface area contributed by atoms with E-state index in [0.29, 0.717) is 0 Å². The normalized spacial score (nSPS) is 11.6. The average molecular weight is 839 g/mol. The molecule has 0 bridgehead atoms. The molecule has 0 aliphatic carbocycles. The summed E-state index contributed by atoms with van der Waals surface area (Å²) in [6.45, 7) is 0. The molecule has 0 saturated carbocycles. The molecule has 0 N–H and O–H groups in total. The molecule has 0 amide bonds. The first-order chi connectivity index (χ1) is 32.8. The molecule has 2 heteroatoms. The van der Waals surface area contributed by atoms with Crippen LogP contribution in [0.5, 0.6) is 0 Å². The first-order valence-electron chi connectivity index (χ1n) is 22.8. The molecule has 0 saturated heterocycles. The number of para-hydroxylation sites is 3. The third-order valence-electron chi connectivity index (χ3n) is 13.6. The van der Waals surface area contributed by atoms with E-state index < -0.39 is 0 Å². The Balaban J connectivity index is 1.00. The SMILES string of the molecule is c1ccc(N(c2ccc(-c3ccccc3-n3c4ccccc4c4c5ccccc5ccc43)cc2)c2ccc(-c3ccc4ccccc4c3)c3ccccc23)c(-c2cccc3ccccc23)c1. The average Bonchev–Trinajstić information content (AvgIpc) is 3.73. The zero-order valence-electron chi connectivity index (χ0n) is 36.1. The molecule has 0 aliphatic rings. The van der Waals surface area contributed by atoms with Gasteiger partial charge in [-0.05, 0) is 108 Å². The van der Waals surface area contributed by atoms with Crippen LogP contribution in [0.1, 0.15) is 0 Å². The highest BCUT2D eigenvalue weighted by atomic mass is 15.1. The summed E-state index contributed by atoms with van der Waals surface area (Å²) in [7, 11) is 0. The Morgan fingerprint density at radius 3 is 1.68 bits per heavy atom. The number of rotatable bonds is 7. The Labute approximate surface area is 383 Å². The maximum Gasteiger partial charge on any atom is 0.0547 e. The van der Waals surface area contributed by atoms with Gasteiger partial charge in [-0.25, -0.2) is 0 Å². The van der Waals surface area contributed by atoms with E-state index in [1.165, 1.54) is 92.7 Å². The van der Waals surface area contributed by atoms with Crippen molar-refractivity contribution in [3.8, 4) is 39.1 Å². The molecule has 1 heterocycles. The molecule has 66 heavy (non-hydrogen) atoms. The van der Waals surface area contributed by atoms with Gasteiger partial charge in [0.1, 0.15) is 0 Å². The molecule has 308 valence electrons. The van der Waals surface area contributed by atoms with E-state index in [4.69, 9.17) is 0 Å². The Kier molecular flexibility index (Phi) is 8.89. The summed E-state index contributed by atoms with van der Waals surface area (Å²) in [5.74, 6) is 0. The molecule has 0 atom stereocenters. The fourth-order valence-corrected chi connectivity index (χ4v) is 10.6. The minimum Gasteiger partial charge on any atom is -0.309 e. The van der Waals surface area contributed by atoms with Crippen molar-refractivity contribution < 1.29 is 0 Å². The van der Waals surface area contributed by atoms with Crippen LogP contribution in [-0.4, -0.2) is 4.57 Å². The number of fused-ring (bicyclic) bond motifs is 8. The molecule has 0 fully saturated rings. The highest BCUT2D eigenvalue weighted by molar-refractivity contribution is 6.21. The summed E-state index contributed by atoms with van der Waals surface area (Å²) in [4.78, 5) is 2.47. The van der Waals surface area contributed by atoms with Crippen LogP contribution >= 0.6 is 0 Å². The van der Waals surface area contributed by atoms with Crippen molar-refractivity contribution in [3.05, 3.63) is 255 Å². The lowest BCUT2D eigenvalue weighted by molar-refractivity contribution is 1.18. The predicted octanol–water partition coefficient (Wildman–Crippen LogP) is 17.9. The summed E-state index contributed by atoms with van der Waals surface area (Å²) in [5, 5.41) is 12.4. The highest BCUT2D eigenvalue weighted by Gasteiger charge is 2.22. The van der Waals surface area contributed by atoms with Gasteiger partial charge in [-0.2, -0.15) is 0 Å². The molecule has 0 aliphatic heterocycles. The monoisotopic (exact) mass is 838 g/mol. The van der Waals surface area contributed by atoms with Crippen molar-refractivity contribution in [2.24, 2.45) is 0 Å². The van der Waals surface area contributed by atoms with Gasteiger partial charge in [0.2, 0.25) is 0 Å². The zero-order chi connectivity index (χ0) is 43.6. The number of hydrogen-bond donors (Lipinski definition) is 0. The molecular weight excluding hydrogens is 797 g/mol. The second kappa shape index (κ2) is 15.5. The fourth-order valence-electron chi connectivity index (χ4n) is 10.6. The molecule has 2 nitrogen and oxygen atoms in total. The molecule has 12 aromatic carbocycles. The van der Waals surface area contributed by atoms with Gasteiger partial charge in [-0.3, -0.25) is 0 Å². The zero-order valence-corrected chi connectivity index (χ0v) is 36.1. The van der Waals surface area contributed by atoms with Crippen molar-refractivity contribution in [2.75, 3.05) is 4.90 Å². The van der Waals surface area contributed by atoms with E-state index in [2.05, 4.69) is 264 Å². The van der Waals surface area contributed by atoms with E-state index in [0.717, 1.165) is 28.3 Å². The standard InChI is InChI=1S/C64H42N2/c1-2-19-47-42-48(33-32-43(47)16-1)51-39-41-62(57-25-8-7-24-54(51)57)65(60-30-13-10-26-56(60)55-28-15-20-44-17-3-5-21-50(44)55)49-37-34-46(35-38-49)52-22-9-12-29-59(52)66-61-31-14-11-27-58(61)64-53-23-6-4-18-45(53)36-40-63(64)66/h1-42H. The van der Waals surface area contributed by atoms with E-state index in [1.54, 1.807) is 0 Å². The van der Waals surface area contributed by atoms with Crippen LogP contribution in [0.15, 0.2) is 255 Å². The maximum absolute atomic E-state index is 2.47. The van der Waals surface area contributed by atoms with Gasteiger partial charge >= 0.3 is 0 Å². The van der Waals surface area contributed by atoms with E-state index in [-0.39, 0.29) is 0 Å². The van der Waals surface area contributed by atoms with Crippen LogP contribution in [-0.2, 0) is 0 Å². The second-order valence-corrected chi connectivity index (χ2v) is 17.2. The van der Waals surface area contributed by atoms with Gasteiger partial charge in [0.25, 0.3) is 0 Å². The minimum absolute atomic E-state index is 1.08. The highest BCUT2D eigenvalue weighted by Crippen LogP contribution is 2.47. The first-order valence-corrected chi connectivity index (χ1v) is 22.8. The van der Waals surface area contributed by atoms with Crippen LogP contribution in [0, 0.1) is 0 Å². The van der Waals surface area contributed by atoms with Crippen LogP contribution < -0.4 is 4.90 Å². The van der Waals surface area contributed by atoms with Crippen molar-refractivity contribution in [3.63, 3.8) is 0 Å². The third kappa shape index (κ3) is 6.11. The molecular formula is C64H42N2. The molecule has 13 aromatic rings. The van der Waals surface area contributed by atoms with Crippen LogP contribution in [0.3, 0.4) is 0 Å². The number of hydrogen-bond acceptors (Lipinski definition) is 1. The molecule has 13 rings (SSSR count). The van der Waals surface area contributed by atoms with E-state index >= 15 is 0 Å². The van der Waals surface area contributed by atoms with Crippen molar-refractivity contribution in [1.29, 1.82) is 0 Å². The Hall–Kier alpha value is -8.72. The van der Waals surface area contributed by atoms with Crippen molar-refractivity contribution in [1.82, 2.24) is 4.57 Å². The van der Waals surface area contributed by atoms with Crippen LogP contribution in [0.4, 0.5) is 17.1 Å². The predicted molar refractivity (Wildman–Crippen MR) is 282 cm³/mol. The number of anilines is 3. The largest absolute Gasteiger partial charge is 0.309 e. The van der Waals surface area contributed by atoms with Gasteiger partial charge in [-0.1, -0.05) is 206 Å². The number of aromatic nitrogens is 1. The topological polar surface area (TPSA) is 8.17 Å². The lowest BCUT2D eigenvalue weighted by Gasteiger charge is -2.30. The fraction of sp³-hybridized carbons (Fsp3) is 0. The van der Waals surface area contributed by atoms with Gasteiger partial charge in [0.15, 0.2) is 0 Å². The van der Waals surface area contributed by atoms with Gasteiger partial charge in [0, 0.05) is 33.0 Å². The van der Waals surface area contributed by atoms with Gasteiger partial charge < -0.3 is 9.47 Å². The lowest BCUT2D eigenvalue weighted by Crippen LogP contribution is -2.12. The van der Waals surface area contributed by atoms with Crippen molar-refractivity contribution >= 4 is 82.0 Å². The lowest BCUT2D eigenvalue weighted by atomic mass is 9.93. The Morgan fingerprint density at radius 2 is 0.848 bits per heavy atom. The second-order valence-electron chi connectivity index (χ2n) is 17.2. The number of nitrogens with zero attached hydrogens (tertiary/aromatic N) is 2. The van der Waals surface area contributed by atoms with Gasteiger partial charge in [0.05, 0.1) is 28.1 Å². The van der Waals surface area contributed by atoms with E-state index in [1.807, 2.05) is 0 Å². The quantitative estimate of drug-likeness (QED) is 0.155. The minimum atomic E-state index is 1.08. The smallest absolute Gasteiger partial charge is 0.0547 e. The van der Waals surface area contributed by atoms with Crippen molar-refractivity contribution in [2.45, 2.75) is 0 Å². The summed E-state index contributed by atoms with van der Waals surface area (Å²) in [6, 6.07) is 93.4. The van der Waals surface area contributed by atoms with Crippen LogP contribution in [0.2, 0.25) is 0 Å².